The Kier molecular flexibility index (Phi) is 8.58. The van der Waals surface area contributed by atoms with E-state index in [1.165, 1.54) is 25.9 Å². The summed E-state index contributed by atoms with van der Waals surface area (Å²) in [7, 11) is 0.702. The van der Waals surface area contributed by atoms with Crippen molar-refractivity contribution in [1.82, 2.24) is 24.6 Å². The first-order valence-corrected chi connectivity index (χ1v) is 16.3. The van der Waals surface area contributed by atoms with Gasteiger partial charge >= 0.3 is 0 Å². The number of likely N-dealkylation sites (tertiary alicyclic amines) is 1. The Morgan fingerprint density at radius 3 is 2.71 bits per heavy atom. The van der Waals surface area contributed by atoms with Crippen molar-refractivity contribution >= 4 is 36.4 Å². The molecule has 0 unspecified atom stereocenters. The number of fused-ring (bicyclic) bond motifs is 1. The van der Waals surface area contributed by atoms with Crippen molar-refractivity contribution in [2.45, 2.75) is 51.7 Å². The van der Waals surface area contributed by atoms with Gasteiger partial charge in [0.25, 0.3) is 0 Å². The molecule has 1 fully saturated rings. The number of benzene rings is 1. The van der Waals surface area contributed by atoms with Crippen LogP contribution in [0.15, 0.2) is 30.6 Å². The van der Waals surface area contributed by atoms with Gasteiger partial charge in [-0.25, -0.2) is 9.67 Å². The molecule has 3 aromatic rings. The number of nitrogens with one attached hydrogen (secondary N) is 2. The van der Waals surface area contributed by atoms with E-state index in [0.29, 0.717) is 19.3 Å². The molecule has 1 aliphatic heterocycles. The van der Waals surface area contributed by atoms with Gasteiger partial charge in [0.15, 0.2) is 0 Å². The molecule has 0 radical (unpaired) electrons. The van der Waals surface area contributed by atoms with Gasteiger partial charge in [-0.15, -0.1) is 0 Å². The van der Waals surface area contributed by atoms with Crippen LogP contribution in [0.1, 0.15) is 19.3 Å². The summed E-state index contributed by atoms with van der Waals surface area (Å²) >= 11 is 0. The molecular formula is C25H39N7O2Si. The van der Waals surface area contributed by atoms with Gasteiger partial charge in [-0.3, -0.25) is 0 Å². The zero-order chi connectivity index (χ0) is 24.7. The Labute approximate surface area is 209 Å². The monoisotopic (exact) mass is 497 g/mol. The van der Waals surface area contributed by atoms with Gasteiger partial charge in [0.2, 0.25) is 5.95 Å². The molecule has 1 aromatic carbocycles. The molecule has 1 saturated heterocycles. The highest BCUT2D eigenvalue weighted by molar-refractivity contribution is 6.76. The molecular weight excluding hydrogens is 458 g/mol. The topological polar surface area (TPSA) is 89.4 Å². The third-order valence-electron chi connectivity index (χ3n) is 6.18. The van der Waals surface area contributed by atoms with Crippen LogP contribution in [0, 0.1) is 0 Å². The van der Waals surface area contributed by atoms with E-state index in [4.69, 9.17) is 9.47 Å². The summed E-state index contributed by atoms with van der Waals surface area (Å²) in [5, 5.41) is 12.0. The lowest BCUT2D eigenvalue weighted by atomic mass is 10.2. The van der Waals surface area contributed by atoms with E-state index >= 15 is 0 Å². The normalized spacial score (nSPS) is 14.5. The van der Waals surface area contributed by atoms with Crippen molar-refractivity contribution in [2.24, 2.45) is 0 Å². The lowest BCUT2D eigenvalue weighted by Crippen LogP contribution is -2.22. The maximum Gasteiger partial charge on any atom is 0.229 e. The molecule has 35 heavy (non-hydrogen) atoms. The molecule has 0 bridgehead atoms. The average molecular weight is 498 g/mol. The SMILES string of the molecule is CNc1ccnc(Nc2cc(OCCCN3CCCC3)c3cnn(COCC[Si](C)(C)C)c3c2)n1. The molecule has 9 nitrogen and oxygen atoms in total. The quantitative estimate of drug-likeness (QED) is 0.257. The van der Waals surface area contributed by atoms with Gasteiger partial charge in [-0.05, 0) is 50.5 Å². The maximum atomic E-state index is 6.28. The fourth-order valence-electron chi connectivity index (χ4n) is 4.13. The molecule has 0 amide bonds. The van der Waals surface area contributed by atoms with E-state index < -0.39 is 8.07 Å². The molecule has 0 aliphatic carbocycles. The number of hydrogen-bond donors (Lipinski definition) is 2. The van der Waals surface area contributed by atoms with Gasteiger partial charge in [0, 0.05) is 46.2 Å². The van der Waals surface area contributed by atoms with Gasteiger partial charge < -0.3 is 25.0 Å². The number of aromatic nitrogens is 4. The first kappa shape index (κ1) is 25.4. The van der Waals surface area contributed by atoms with Crippen molar-refractivity contribution in [3.05, 3.63) is 30.6 Å². The first-order valence-electron chi connectivity index (χ1n) is 12.6. The minimum absolute atomic E-state index is 0.414. The van der Waals surface area contributed by atoms with Crippen molar-refractivity contribution in [3.8, 4) is 5.75 Å². The van der Waals surface area contributed by atoms with Gasteiger partial charge in [-0.2, -0.15) is 10.1 Å². The van der Waals surface area contributed by atoms with Gasteiger partial charge in [0.05, 0.1) is 23.7 Å². The van der Waals surface area contributed by atoms with Crippen LogP contribution in [-0.4, -0.2) is 72.6 Å². The molecule has 0 saturated carbocycles. The molecule has 0 spiro atoms. The number of ether oxygens (including phenoxy) is 2. The zero-order valence-electron chi connectivity index (χ0n) is 21.5. The summed E-state index contributed by atoms with van der Waals surface area (Å²) in [4.78, 5) is 11.4. The summed E-state index contributed by atoms with van der Waals surface area (Å²) in [5.41, 5.74) is 1.81. The molecule has 190 valence electrons. The van der Waals surface area contributed by atoms with Gasteiger partial charge in [0.1, 0.15) is 18.3 Å². The fraction of sp³-hybridized carbons (Fsp3) is 0.560. The van der Waals surface area contributed by atoms with Crippen LogP contribution in [0.2, 0.25) is 25.7 Å². The van der Waals surface area contributed by atoms with Crippen LogP contribution in [0.25, 0.3) is 10.9 Å². The van der Waals surface area contributed by atoms with Crippen LogP contribution in [0.5, 0.6) is 5.75 Å². The lowest BCUT2D eigenvalue weighted by molar-refractivity contribution is 0.0817. The predicted molar refractivity (Wildman–Crippen MR) is 144 cm³/mol. The fourth-order valence-corrected chi connectivity index (χ4v) is 4.89. The number of nitrogens with zero attached hydrogens (tertiary/aromatic N) is 5. The van der Waals surface area contributed by atoms with Crippen LogP contribution < -0.4 is 15.4 Å². The van der Waals surface area contributed by atoms with E-state index in [2.05, 4.69) is 56.3 Å². The minimum Gasteiger partial charge on any atom is -0.493 e. The summed E-state index contributed by atoms with van der Waals surface area (Å²) in [6.07, 6.45) is 7.22. The molecule has 0 atom stereocenters. The minimum atomic E-state index is -1.14. The van der Waals surface area contributed by atoms with E-state index in [0.717, 1.165) is 53.8 Å². The third-order valence-corrected chi connectivity index (χ3v) is 7.88. The Bertz CT molecular complexity index is 1090. The Morgan fingerprint density at radius 2 is 1.94 bits per heavy atom. The second kappa shape index (κ2) is 11.8. The van der Waals surface area contributed by atoms with E-state index in [9.17, 15) is 0 Å². The largest absolute Gasteiger partial charge is 0.493 e. The van der Waals surface area contributed by atoms with E-state index in [1.807, 2.05) is 30.1 Å². The molecule has 2 N–H and O–H groups in total. The second-order valence-electron chi connectivity index (χ2n) is 10.3. The molecule has 1 aliphatic rings. The molecule has 2 aromatic heterocycles. The maximum absolute atomic E-state index is 6.28. The standard InChI is InChI=1S/C25H39N7O2Si/c1-26-24-8-9-27-25(30-24)29-20-16-22-21(18-28-32(22)19-33-14-15-35(2,3)4)23(17-20)34-13-7-12-31-10-5-6-11-31/h8-9,16-18H,5-7,10-15,19H2,1-4H3,(H2,26,27,29,30). The Morgan fingerprint density at radius 1 is 1.11 bits per heavy atom. The number of anilines is 3. The molecule has 10 heteroatoms. The highest BCUT2D eigenvalue weighted by Crippen LogP contribution is 2.31. The Hall–Kier alpha value is -2.69. The summed E-state index contributed by atoms with van der Waals surface area (Å²) < 4.78 is 14.2. The Balaban J connectivity index is 1.50. The van der Waals surface area contributed by atoms with Crippen molar-refractivity contribution in [1.29, 1.82) is 0 Å². The lowest BCUT2D eigenvalue weighted by Gasteiger charge is -2.16. The predicted octanol–water partition coefficient (Wildman–Crippen LogP) is 4.79. The smallest absolute Gasteiger partial charge is 0.229 e. The van der Waals surface area contributed by atoms with Crippen LogP contribution in [-0.2, 0) is 11.5 Å². The average Bonchev–Trinajstić information content (AvgIpc) is 3.49. The highest BCUT2D eigenvalue weighted by Gasteiger charge is 2.15. The zero-order valence-corrected chi connectivity index (χ0v) is 22.5. The van der Waals surface area contributed by atoms with Crippen LogP contribution in [0.3, 0.4) is 0 Å². The van der Waals surface area contributed by atoms with E-state index in [-0.39, 0.29) is 0 Å². The summed E-state index contributed by atoms with van der Waals surface area (Å²) in [5.74, 6) is 2.08. The number of hydrogen-bond acceptors (Lipinski definition) is 8. The van der Waals surface area contributed by atoms with Crippen molar-refractivity contribution in [2.75, 3.05) is 50.5 Å². The van der Waals surface area contributed by atoms with E-state index in [1.54, 1.807) is 6.20 Å². The first-order chi connectivity index (χ1) is 16.9. The molecule has 3 heterocycles. The molecule has 4 rings (SSSR count). The highest BCUT2D eigenvalue weighted by atomic mass is 28.3. The van der Waals surface area contributed by atoms with Crippen molar-refractivity contribution < 1.29 is 9.47 Å². The van der Waals surface area contributed by atoms with Gasteiger partial charge in [-0.1, -0.05) is 19.6 Å². The van der Waals surface area contributed by atoms with Crippen molar-refractivity contribution in [3.63, 3.8) is 0 Å². The number of rotatable bonds is 13. The summed E-state index contributed by atoms with van der Waals surface area (Å²) in [6.45, 7) is 12.4. The van der Waals surface area contributed by atoms with Crippen LogP contribution >= 0.6 is 0 Å². The second-order valence-corrected chi connectivity index (χ2v) is 15.9. The third kappa shape index (κ3) is 7.39. The van der Waals surface area contributed by atoms with Crippen LogP contribution in [0.4, 0.5) is 17.5 Å². The summed E-state index contributed by atoms with van der Waals surface area (Å²) in [6, 6.07) is 7.02.